The largest absolute Gasteiger partial charge is 0.469 e. The van der Waals surface area contributed by atoms with Crippen LogP contribution in [-0.2, 0) is 61.6 Å². The number of hydrogen-bond donors (Lipinski definition) is 0. The average molecular weight is 1500 g/mol. The summed E-state index contributed by atoms with van der Waals surface area (Å²) in [6.45, 7) is 2.29. The minimum Gasteiger partial charge on any atom is -0.469 e. The van der Waals surface area contributed by atoms with Crippen LogP contribution in [0.4, 0.5) is 0 Å². The van der Waals surface area contributed by atoms with Gasteiger partial charge >= 0.3 is 24.2 Å². The van der Waals surface area contributed by atoms with Gasteiger partial charge in [0.1, 0.15) is 5.75 Å². The molecule has 8 nitrogen and oxygen atoms in total. The van der Waals surface area contributed by atoms with Crippen LogP contribution < -0.4 is 4.74 Å². The fourth-order valence-electron chi connectivity index (χ4n) is 21.0. The molecule has 0 atom stereocenters. The van der Waals surface area contributed by atoms with Gasteiger partial charge in [0.05, 0.1) is 7.11 Å². The van der Waals surface area contributed by atoms with Crippen molar-refractivity contribution in [1.29, 1.82) is 0 Å². The van der Waals surface area contributed by atoms with Crippen molar-refractivity contribution in [3.63, 3.8) is 0 Å². The molecule has 0 aromatic heterocycles. The maximum absolute atomic E-state index is 13.5. The number of carbonyl (C=O) groups excluding carboxylic acids is 6. The lowest BCUT2D eigenvalue weighted by molar-refractivity contribution is -0.193. The number of ether oxygens (including phenoxy) is 2. The summed E-state index contributed by atoms with van der Waals surface area (Å²) in [6.07, 6.45) is 9.56. The second-order valence-electron chi connectivity index (χ2n) is 31.0. The van der Waals surface area contributed by atoms with E-state index in [2.05, 4.69) is 328 Å². The van der Waals surface area contributed by atoms with Gasteiger partial charge in [-0.05, 0) is 203 Å². The van der Waals surface area contributed by atoms with Gasteiger partial charge in [-0.1, -0.05) is 353 Å². The van der Waals surface area contributed by atoms with Crippen LogP contribution in [0, 0.1) is 0 Å². The number of esters is 2. The molecule has 20 rings (SSSR count). The van der Waals surface area contributed by atoms with Crippen molar-refractivity contribution in [2.24, 2.45) is 0 Å². The third-order valence-electron chi connectivity index (χ3n) is 25.4. The third-order valence-corrected chi connectivity index (χ3v) is 25.4. The molecule has 8 heteroatoms. The van der Waals surface area contributed by atoms with E-state index in [4.69, 9.17) is 28.7 Å². The smallest absolute Gasteiger partial charge is 0.373 e. The van der Waals surface area contributed by atoms with Gasteiger partial charge in [0.15, 0.2) is 0 Å². The van der Waals surface area contributed by atoms with Crippen LogP contribution in [-0.4, -0.2) is 31.4 Å². The van der Waals surface area contributed by atoms with Gasteiger partial charge in [-0.25, -0.2) is 0 Å². The standard InChI is InChI=1S/C44H36O2.C34H32O2.C27H20.2CO2/c45-42(46-33-17-5-2-6-18-33)28-30-44(40-25-13-9-21-36(40)37-22-10-14-26-41(37)44)31-43(29-27-32-15-3-1-4-16-32)38-23-11-7-19-34(38)35-20-8-12-24-39(35)43;1-3-21-33(28-16-8-4-12-24(28)25-13-5-9-17-29(25)33)23-34(22-20-32(35)36-2)30-18-10-6-14-26(30)27-15-7-11-19-31(27)34;1-5-13-22-18(9-1)19-10-2-6-14-23(19)26(22)17-27-24-15-7-3-11-20(24)21-12-4-8-16-25(21)27;2*2-1-3/h1-26H,27-31H2;4-19H,3,20-23H2,1-2H3;1-16,26-27H,17H2;;. The van der Waals surface area contributed by atoms with Crippen LogP contribution in [0.1, 0.15) is 155 Å². The van der Waals surface area contributed by atoms with E-state index < -0.39 is 5.41 Å². The molecular weight excluding hydrogens is 1410 g/mol. The minimum absolute atomic E-state index is 0.136. The van der Waals surface area contributed by atoms with E-state index in [1.165, 1.54) is 146 Å². The Morgan fingerprint density at radius 2 is 0.522 bits per heavy atom. The Morgan fingerprint density at radius 1 is 0.287 bits per heavy atom. The summed E-state index contributed by atoms with van der Waals surface area (Å²) < 4.78 is 11.0. The highest BCUT2D eigenvalue weighted by atomic mass is 16.5. The Hall–Kier alpha value is -13.2. The lowest BCUT2D eigenvalue weighted by atomic mass is 9.59. The highest BCUT2D eigenvalue weighted by Crippen LogP contribution is 2.65. The highest BCUT2D eigenvalue weighted by molar-refractivity contribution is 5.88. The summed E-state index contributed by atoms with van der Waals surface area (Å²) in [5.41, 5.74) is 33.3. The Bertz CT molecular complexity index is 5600. The Morgan fingerprint density at radius 3 is 0.809 bits per heavy atom. The van der Waals surface area contributed by atoms with E-state index >= 15 is 0 Å². The summed E-state index contributed by atoms with van der Waals surface area (Å²) in [4.78, 5) is 58.6. The van der Waals surface area contributed by atoms with E-state index in [-0.39, 0.29) is 40.5 Å². The molecule has 0 fully saturated rings. The lowest BCUT2D eigenvalue weighted by Gasteiger charge is -2.43. The molecule has 0 unspecified atom stereocenters. The summed E-state index contributed by atoms with van der Waals surface area (Å²) in [6, 6.07) is 127. The van der Waals surface area contributed by atoms with Gasteiger partial charge in [-0.2, -0.15) is 19.2 Å². The maximum atomic E-state index is 13.5. The molecular formula is C107H88O8. The summed E-state index contributed by atoms with van der Waals surface area (Å²) in [5.74, 6) is 1.17. The molecule has 0 spiro atoms. The molecule has 0 heterocycles. The first kappa shape index (κ1) is 75.8. The topological polar surface area (TPSA) is 121 Å². The number of para-hydroxylation sites is 1. The van der Waals surface area contributed by atoms with Crippen molar-refractivity contribution < 1.29 is 38.2 Å². The van der Waals surface area contributed by atoms with Crippen LogP contribution in [0.15, 0.2) is 352 Å². The van der Waals surface area contributed by atoms with E-state index in [1.54, 1.807) is 0 Å². The summed E-state index contributed by atoms with van der Waals surface area (Å²) in [7, 11) is 1.49. The summed E-state index contributed by atoms with van der Waals surface area (Å²) >= 11 is 0. The zero-order valence-electron chi connectivity index (χ0n) is 64.7. The Labute approximate surface area is 673 Å². The van der Waals surface area contributed by atoms with Gasteiger partial charge in [-0.15, -0.1) is 0 Å². The number of fused-ring (bicyclic) bond motifs is 18. The Kier molecular flexibility index (Phi) is 21.9. The first-order valence-electron chi connectivity index (χ1n) is 40.1. The molecule has 115 heavy (non-hydrogen) atoms. The van der Waals surface area contributed by atoms with Gasteiger partial charge in [0.25, 0.3) is 0 Å². The lowest BCUT2D eigenvalue weighted by Crippen LogP contribution is -2.38. The second kappa shape index (κ2) is 33.2. The van der Waals surface area contributed by atoms with Crippen LogP contribution in [0.25, 0.3) is 66.8 Å². The monoisotopic (exact) mass is 1500 g/mol. The van der Waals surface area contributed by atoms with E-state index in [9.17, 15) is 9.59 Å². The maximum Gasteiger partial charge on any atom is 0.373 e. The van der Waals surface area contributed by atoms with E-state index in [0.29, 0.717) is 36.8 Å². The SMILES string of the molecule is CCCC1(CC2(CCC(=O)OC)c3ccccc3-c3ccccc32)c2ccccc2-c2ccccc21.O=C(CCC1(CC2(CCc3ccccc3)c3ccccc3-c3ccccc32)c2ccccc2-c2ccccc21)Oc1ccccc1.O=C=O.O=C=O.c1ccc2c(c1)-c1ccccc1C2CC1c2ccccc2-c2ccccc21. The Balaban J connectivity index is 0.000000129. The van der Waals surface area contributed by atoms with Crippen LogP contribution >= 0.6 is 0 Å². The number of carbonyl (C=O) groups is 2. The van der Waals surface area contributed by atoms with Crippen LogP contribution in [0.2, 0.25) is 0 Å². The molecule has 6 aliphatic carbocycles. The molecule has 6 aliphatic rings. The van der Waals surface area contributed by atoms with Gasteiger partial charge in [-0.3, -0.25) is 9.59 Å². The number of benzene rings is 14. The molecule has 0 saturated heterocycles. The molecule has 0 bridgehead atoms. The van der Waals surface area contributed by atoms with Gasteiger partial charge in [0, 0.05) is 46.3 Å². The predicted molar refractivity (Wildman–Crippen MR) is 454 cm³/mol. The highest BCUT2D eigenvalue weighted by Gasteiger charge is 2.55. The number of hydrogen-bond acceptors (Lipinski definition) is 8. The van der Waals surface area contributed by atoms with Crippen molar-refractivity contribution in [2.75, 3.05) is 7.11 Å². The molecule has 0 saturated carbocycles. The normalized spacial score (nSPS) is 14.2. The van der Waals surface area contributed by atoms with E-state index in [0.717, 1.165) is 51.4 Å². The number of aryl methyl sites for hydroxylation is 1. The van der Waals surface area contributed by atoms with Crippen molar-refractivity contribution in [3.05, 3.63) is 424 Å². The summed E-state index contributed by atoms with van der Waals surface area (Å²) in [5, 5.41) is 0. The molecule has 0 radical (unpaired) electrons. The van der Waals surface area contributed by atoms with Crippen molar-refractivity contribution in [2.45, 2.75) is 111 Å². The number of methoxy groups -OCH3 is 1. The quantitative estimate of drug-likeness (QED) is 0.0615. The molecule has 14 aromatic carbocycles. The number of rotatable bonds is 18. The fraction of sp³-hybridized carbons (Fsp3) is 0.178. The first-order chi connectivity index (χ1) is 56.6. The van der Waals surface area contributed by atoms with Crippen molar-refractivity contribution in [1.82, 2.24) is 0 Å². The minimum atomic E-state index is -0.399. The first-order valence-corrected chi connectivity index (χ1v) is 40.1. The molecule has 564 valence electrons. The molecule has 0 aliphatic heterocycles. The van der Waals surface area contributed by atoms with Gasteiger partial charge in [0.2, 0.25) is 0 Å². The molecule has 0 N–H and O–H groups in total. The van der Waals surface area contributed by atoms with E-state index in [1.807, 2.05) is 30.3 Å². The third kappa shape index (κ3) is 13.8. The average Bonchev–Trinajstić information content (AvgIpc) is 1.54. The van der Waals surface area contributed by atoms with Crippen LogP contribution in [0.5, 0.6) is 5.75 Å². The van der Waals surface area contributed by atoms with Gasteiger partial charge < -0.3 is 9.47 Å². The fourth-order valence-corrected chi connectivity index (χ4v) is 21.0. The molecule has 0 amide bonds. The van der Waals surface area contributed by atoms with Crippen molar-refractivity contribution >= 4 is 24.2 Å². The van der Waals surface area contributed by atoms with Crippen LogP contribution in [0.3, 0.4) is 0 Å². The zero-order valence-corrected chi connectivity index (χ0v) is 64.7. The predicted octanol–water partition coefficient (Wildman–Crippen LogP) is 24.2. The van der Waals surface area contributed by atoms with Crippen molar-refractivity contribution in [3.8, 4) is 72.5 Å². The molecule has 14 aromatic rings. The zero-order chi connectivity index (χ0) is 78.9. The second-order valence-corrected chi connectivity index (χ2v) is 31.0.